The van der Waals surface area contributed by atoms with Crippen molar-refractivity contribution in [1.82, 2.24) is 5.32 Å². The van der Waals surface area contributed by atoms with Crippen molar-refractivity contribution in [2.45, 2.75) is 31.7 Å². The minimum atomic E-state index is -0.468. The number of thiocarbonyl (C=S) groups is 1. The van der Waals surface area contributed by atoms with Gasteiger partial charge in [-0.3, -0.25) is 0 Å². The number of nitrogens with one attached hydrogen (secondary N) is 2. The van der Waals surface area contributed by atoms with E-state index in [1.807, 2.05) is 6.07 Å². The van der Waals surface area contributed by atoms with E-state index in [4.69, 9.17) is 17.5 Å². The first-order chi connectivity index (χ1) is 8.69. The molecular weight excluding hydrogens is 249 g/mol. The molecule has 1 fully saturated rings. The molecule has 0 spiro atoms. The van der Waals surface area contributed by atoms with E-state index in [-0.39, 0.29) is 0 Å². The molecule has 94 valence electrons. The summed E-state index contributed by atoms with van der Waals surface area (Å²) in [7, 11) is 0. The standard InChI is InChI=1S/C13H14FN3S/c14-11-7-9(8-15)5-6-12(11)17-13(18)16-10-3-1-2-4-10/h5-7,10H,1-4H2,(H2,16,17,18). The molecule has 0 aliphatic heterocycles. The number of benzene rings is 1. The number of hydrogen-bond acceptors (Lipinski definition) is 2. The average Bonchev–Trinajstić information content (AvgIpc) is 2.84. The zero-order valence-corrected chi connectivity index (χ0v) is 10.7. The summed E-state index contributed by atoms with van der Waals surface area (Å²) in [6, 6.07) is 6.56. The SMILES string of the molecule is N#Cc1ccc(NC(=S)NC2CCCC2)c(F)c1. The largest absolute Gasteiger partial charge is 0.360 e. The van der Waals surface area contributed by atoms with Gasteiger partial charge in [-0.05, 0) is 43.3 Å². The van der Waals surface area contributed by atoms with Gasteiger partial charge >= 0.3 is 0 Å². The minimum absolute atomic E-state index is 0.296. The molecule has 0 atom stereocenters. The first-order valence-corrected chi connectivity index (χ1v) is 6.37. The highest BCUT2D eigenvalue weighted by atomic mass is 32.1. The highest BCUT2D eigenvalue weighted by molar-refractivity contribution is 7.80. The van der Waals surface area contributed by atoms with Gasteiger partial charge in [-0.15, -0.1) is 0 Å². The van der Waals surface area contributed by atoms with Gasteiger partial charge in [0.05, 0.1) is 17.3 Å². The Kier molecular flexibility index (Phi) is 4.11. The second-order valence-electron chi connectivity index (χ2n) is 4.39. The Morgan fingerprint density at radius 1 is 1.39 bits per heavy atom. The van der Waals surface area contributed by atoms with E-state index in [0.29, 0.717) is 22.4 Å². The lowest BCUT2D eigenvalue weighted by atomic mass is 10.2. The lowest BCUT2D eigenvalue weighted by Crippen LogP contribution is -2.36. The Balaban J connectivity index is 1.96. The third-order valence-corrected chi connectivity index (χ3v) is 3.26. The van der Waals surface area contributed by atoms with E-state index in [0.717, 1.165) is 12.8 Å². The molecule has 0 aromatic heterocycles. The number of halogens is 1. The van der Waals surface area contributed by atoms with E-state index < -0.39 is 5.82 Å². The summed E-state index contributed by atoms with van der Waals surface area (Å²) in [5.74, 6) is -0.468. The van der Waals surface area contributed by atoms with Crippen LogP contribution in [0.15, 0.2) is 18.2 Å². The zero-order valence-electron chi connectivity index (χ0n) is 9.87. The summed E-state index contributed by atoms with van der Waals surface area (Å²) in [4.78, 5) is 0. The quantitative estimate of drug-likeness (QED) is 0.805. The number of anilines is 1. The molecule has 2 N–H and O–H groups in total. The summed E-state index contributed by atoms with van der Waals surface area (Å²) >= 11 is 5.14. The van der Waals surface area contributed by atoms with Crippen molar-refractivity contribution in [1.29, 1.82) is 5.26 Å². The Morgan fingerprint density at radius 3 is 2.72 bits per heavy atom. The maximum absolute atomic E-state index is 13.6. The van der Waals surface area contributed by atoms with Crippen LogP contribution in [0.5, 0.6) is 0 Å². The molecule has 0 amide bonds. The highest BCUT2D eigenvalue weighted by Crippen LogP contribution is 2.19. The van der Waals surface area contributed by atoms with E-state index in [9.17, 15) is 4.39 Å². The van der Waals surface area contributed by atoms with Crippen LogP contribution in [-0.2, 0) is 0 Å². The fraction of sp³-hybridized carbons (Fsp3) is 0.385. The molecule has 1 aliphatic rings. The van der Waals surface area contributed by atoms with Gasteiger partial charge in [0, 0.05) is 6.04 Å². The van der Waals surface area contributed by atoms with Crippen molar-refractivity contribution in [3.05, 3.63) is 29.6 Å². The van der Waals surface area contributed by atoms with Crippen molar-refractivity contribution in [3.63, 3.8) is 0 Å². The third-order valence-electron chi connectivity index (χ3n) is 3.04. The fourth-order valence-electron chi connectivity index (χ4n) is 2.10. The van der Waals surface area contributed by atoms with Crippen LogP contribution in [0.4, 0.5) is 10.1 Å². The van der Waals surface area contributed by atoms with Gasteiger partial charge in [0.25, 0.3) is 0 Å². The Morgan fingerprint density at radius 2 is 2.11 bits per heavy atom. The van der Waals surface area contributed by atoms with E-state index in [2.05, 4.69) is 10.6 Å². The van der Waals surface area contributed by atoms with E-state index in [1.54, 1.807) is 6.07 Å². The molecule has 1 aromatic carbocycles. The first-order valence-electron chi connectivity index (χ1n) is 5.96. The van der Waals surface area contributed by atoms with Crippen molar-refractivity contribution in [2.75, 3.05) is 5.32 Å². The van der Waals surface area contributed by atoms with Crippen molar-refractivity contribution < 1.29 is 4.39 Å². The zero-order chi connectivity index (χ0) is 13.0. The molecular formula is C13H14FN3S. The number of rotatable bonds is 2. The van der Waals surface area contributed by atoms with Crippen LogP contribution in [0.3, 0.4) is 0 Å². The van der Waals surface area contributed by atoms with Crippen molar-refractivity contribution in [3.8, 4) is 6.07 Å². The van der Waals surface area contributed by atoms with Crippen LogP contribution >= 0.6 is 12.2 Å². The number of nitrogens with zero attached hydrogens (tertiary/aromatic N) is 1. The summed E-state index contributed by atoms with van der Waals surface area (Å²) in [6.45, 7) is 0. The predicted molar refractivity (Wildman–Crippen MR) is 72.7 cm³/mol. The molecule has 0 radical (unpaired) electrons. The Hall–Kier alpha value is -1.67. The van der Waals surface area contributed by atoms with Gasteiger partial charge in [-0.25, -0.2) is 4.39 Å². The summed E-state index contributed by atoms with van der Waals surface area (Å²) in [6.07, 6.45) is 4.65. The molecule has 0 bridgehead atoms. The maximum Gasteiger partial charge on any atom is 0.171 e. The molecule has 3 nitrogen and oxygen atoms in total. The first kappa shape index (κ1) is 12.8. The van der Waals surface area contributed by atoms with Crippen LogP contribution in [0, 0.1) is 17.1 Å². The van der Waals surface area contributed by atoms with Crippen LogP contribution in [-0.4, -0.2) is 11.2 Å². The second-order valence-corrected chi connectivity index (χ2v) is 4.79. The predicted octanol–water partition coefficient (Wildman–Crippen LogP) is 2.93. The topological polar surface area (TPSA) is 47.9 Å². The lowest BCUT2D eigenvalue weighted by molar-refractivity contribution is 0.626. The second kappa shape index (κ2) is 5.78. The molecule has 1 saturated carbocycles. The van der Waals surface area contributed by atoms with Gasteiger partial charge < -0.3 is 10.6 Å². The molecule has 18 heavy (non-hydrogen) atoms. The lowest BCUT2D eigenvalue weighted by Gasteiger charge is -2.16. The molecule has 1 aliphatic carbocycles. The molecule has 2 rings (SSSR count). The van der Waals surface area contributed by atoms with Gasteiger partial charge in [0.2, 0.25) is 0 Å². The van der Waals surface area contributed by atoms with Gasteiger partial charge in [-0.1, -0.05) is 12.8 Å². The van der Waals surface area contributed by atoms with Crippen LogP contribution in [0.25, 0.3) is 0 Å². The number of nitriles is 1. The van der Waals surface area contributed by atoms with E-state index >= 15 is 0 Å². The number of hydrogen-bond donors (Lipinski definition) is 2. The van der Waals surface area contributed by atoms with Crippen molar-refractivity contribution in [2.24, 2.45) is 0 Å². The summed E-state index contributed by atoms with van der Waals surface area (Å²) in [5, 5.41) is 15.1. The molecule has 0 unspecified atom stereocenters. The summed E-state index contributed by atoms with van der Waals surface area (Å²) < 4.78 is 13.6. The fourth-order valence-corrected chi connectivity index (χ4v) is 2.38. The Labute approximate surface area is 111 Å². The maximum atomic E-state index is 13.6. The molecule has 1 aromatic rings. The minimum Gasteiger partial charge on any atom is -0.360 e. The molecule has 5 heteroatoms. The van der Waals surface area contributed by atoms with Crippen LogP contribution in [0.1, 0.15) is 31.2 Å². The van der Waals surface area contributed by atoms with Gasteiger partial charge in [-0.2, -0.15) is 5.26 Å². The smallest absolute Gasteiger partial charge is 0.171 e. The third kappa shape index (κ3) is 3.17. The monoisotopic (exact) mass is 263 g/mol. The molecule has 0 heterocycles. The van der Waals surface area contributed by atoms with Crippen LogP contribution in [0.2, 0.25) is 0 Å². The van der Waals surface area contributed by atoms with Gasteiger partial charge in [0.1, 0.15) is 5.82 Å². The molecule has 0 saturated heterocycles. The van der Waals surface area contributed by atoms with Crippen LogP contribution < -0.4 is 10.6 Å². The van der Waals surface area contributed by atoms with Gasteiger partial charge in [0.15, 0.2) is 5.11 Å². The van der Waals surface area contributed by atoms with Crippen molar-refractivity contribution >= 4 is 23.0 Å². The average molecular weight is 263 g/mol. The highest BCUT2D eigenvalue weighted by Gasteiger charge is 2.15. The Bertz CT molecular complexity index is 489. The summed E-state index contributed by atoms with van der Waals surface area (Å²) in [5.41, 5.74) is 0.595. The van der Waals surface area contributed by atoms with E-state index in [1.165, 1.54) is 25.0 Å². The normalized spacial score (nSPS) is 15.1.